The van der Waals surface area contributed by atoms with Gasteiger partial charge in [-0.2, -0.15) is 4.98 Å². The van der Waals surface area contributed by atoms with Gasteiger partial charge in [-0.15, -0.1) is 0 Å². The highest BCUT2D eigenvalue weighted by Gasteiger charge is 2.24. The van der Waals surface area contributed by atoms with Crippen LogP contribution in [0.3, 0.4) is 0 Å². The molecule has 0 amide bonds. The number of hydrogen-bond acceptors (Lipinski definition) is 7. The molecular weight excluding hydrogens is 379 g/mol. The van der Waals surface area contributed by atoms with Crippen molar-refractivity contribution in [2.45, 2.75) is 39.2 Å². The Morgan fingerprint density at radius 2 is 2.00 bits per heavy atom. The van der Waals surface area contributed by atoms with Crippen LogP contribution in [-0.4, -0.2) is 64.9 Å². The highest BCUT2D eigenvalue weighted by atomic mass is 19.1. The molecule has 8 nitrogen and oxygen atoms in total. The number of piperazine rings is 1. The average molecular weight is 406 g/mol. The molecule has 0 bridgehead atoms. The summed E-state index contributed by atoms with van der Waals surface area (Å²) in [5.74, 6) is -0.783. The molecule has 1 aliphatic rings. The Balaban J connectivity index is 1.43. The fourth-order valence-corrected chi connectivity index (χ4v) is 3.23. The molecule has 29 heavy (non-hydrogen) atoms. The van der Waals surface area contributed by atoms with Crippen LogP contribution in [-0.2, 0) is 0 Å². The lowest BCUT2D eigenvalue weighted by atomic mass is 10.2. The lowest BCUT2D eigenvalue weighted by molar-refractivity contribution is 0.0692. The predicted molar refractivity (Wildman–Crippen MR) is 105 cm³/mol. The third kappa shape index (κ3) is 5.23. The summed E-state index contributed by atoms with van der Waals surface area (Å²) >= 11 is 0. The third-order valence-electron chi connectivity index (χ3n) is 5.13. The zero-order valence-electron chi connectivity index (χ0n) is 17.0. The van der Waals surface area contributed by atoms with Gasteiger partial charge in [0.2, 0.25) is 0 Å². The molecule has 2 aromatic rings. The first-order valence-corrected chi connectivity index (χ1v) is 9.83. The Kier molecular flexibility index (Phi) is 6.68. The van der Waals surface area contributed by atoms with Gasteiger partial charge in [0.1, 0.15) is 11.6 Å². The minimum Gasteiger partial charge on any atom is -0.493 e. The van der Waals surface area contributed by atoms with Crippen molar-refractivity contribution in [3.05, 3.63) is 35.4 Å². The fraction of sp³-hybridized carbons (Fsp3) is 0.550. The largest absolute Gasteiger partial charge is 0.493 e. The second kappa shape index (κ2) is 9.21. The van der Waals surface area contributed by atoms with Crippen LogP contribution in [0.15, 0.2) is 22.7 Å². The zero-order chi connectivity index (χ0) is 21.0. The summed E-state index contributed by atoms with van der Waals surface area (Å²) < 4.78 is 24.7. The molecular formula is C20H27FN4O4. The molecule has 1 aromatic carbocycles. The Bertz CT molecular complexity index is 834. The molecule has 0 radical (unpaired) electrons. The number of nitrogens with zero attached hydrogens (tertiary/aromatic N) is 4. The van der Waals surface area contributed by atoms with Crippen LogP contribution in [0, 0.1) is 5.82 Å². The SMILES string of the molecule is CC(C)c1noc(N2CCN([C@H](C)CCOc3ccc(C(=O)O)c(F)c3)CC2)n1. The molecule has 0 spiro atoms. The van der Waals surface area contributed by atoms with Crippen molar-refractivity contribution >= 4 is 12.0 Å². The number of ether oxygens (including phenoxy) is 1. The monoisotopic (exact) mass is 406 g/mol. The molecule has 158 valence electrons. The zero-order valence-corrected chi connectivity index (χ0v) is 17.0. The average Bonchev–Trinajstić information content (AvgIpc) is 3.18. The first kappa shape index (κ1) is 21.0. The van der Waals surface area contributed by atoms with Crippen molar-refractivity contribution in [3.63, 3.8) is 0 Å². The molecule has 1 aliphatic heterocycles. The molecule has 0 aliphatic carbocycles. The van der Waals surface area contributed by atoms with Crippen LogP contribution in [0.2, 0.25) is 0 Å². The van der Waals surface area contributed by atoms with Crippen LogP contribution in [0.5, 0.6) is 5.75 Å². The number of anilines is 1. The summed E-state index contributed by atoms with van der Waals surface area (Å²) in [5.41, 5.74) is -0.356. The maximum atomic E-state index is 13.7. The van der Waals surface area contributed by atoms with Crippen LogP contribution >= 0.6 is 0 Å². The number of aromatic nitrogens is 2. The second-order valence-electron chi connectivity index (χ2n) is 7.55. The van der Waals surface area contributed by atoms with Gasteiger partial charge in [-0.05, 0) is 25.5 Å². The first-order chi connectivity index (χ1) is 13.8. The Hall–Kier alpha value is -2.68. The van der Waals surface area contributed by atoms with Gasteiger partial charge in [0.15, 0.2) is 5.82 Å². The van der Waals surface area contributed by atoms with Gasteiger partial charge in [-0.1, -0.05) is 19.0 Å². The number of aromatic carboxylic acids is 1. The number of carbonyl (C=O) groups is 1. The Morgan fingerprint density at radius 1 is 1.28 bits per heavy atom. The molecule has 2 heterocycles. The smallest absolute Gasteiger partial charge is 0.338 e. The van der Waals surface area contributed by atoms with Crippen molar-refractivity contribution in [3.8, 4) is 5.75 Å². The van der Waals surface area contributed by atoms with Crippen LogP contribution in [0.25, 0.3) is 0 Å². The van der Waals surface area contributed by atoms with E-state index in [0.717, 1.165) is 44.5 Å². The van der Waals surface area contributed by atoms with E-state index in [1.165, 1.54) is 12.1 Å². The van der Waals surface area contributed by atoms with Gasteiger partial charge in [0.25, 0.3) is 0 Å². The topological polar surface area (TPSA) is 91.9 Å². The van der Waals surface area contributed by atoms with Crippen molar-refractivity contribution in [2.24, 2.45) is 0 Å². The molecule has 3 rings (SSSR count). The van der Waals surface area contributed by atoms with Gasteiger partial charge < -0.3 is 19.3 Å². The van der Waals surface area contributed by atoms with E-state index < -0.39 is 11.8 Å². The van der Waals surface area contributed by atoms with Gasteiger partial charge >= 0.3 is 12.0 Å². The third-order valence-corrected chi connectivity index (χ3v) is 5.13. The van der Waals surface area contributed by atoms with Crippen molar-refractivity contribution in [2.75, 3.05) is 37.7 Å². The van der Waals surface area contributed by atoms with Crippen molar-refractivity contribution in [1.29, 1.82) is 0 Å². The molecule has 1 atom stereocenters. The minimum atomic E-state index is -1.29. The number of halogens is 1. The van der Waals surface area contributed by atoms with E-state index >= 15 is 0 Å². The van der Waals surface area contributed by atoms with Crippen molar-refractivity contribution < 1.29 is 23.6 Å². The number of carboxylic acid groups (broad SMARTS) is 1. The summed E-state index contributed by atoms with van der Waals surface area (Å²) in [4.78, 5) is 19.8. The summed E-state index contributed by atoms with van der Waals surface area (Å²) in [6.07, 6.45) is 0.778. The lowest BCUT2D eigenvalue weighted by Gasteiger charge is -2.37. The molecule has 0 saturated carbocycles. The lowest BCUT2D eigenvalue weighted by Crippen LogP contribution is -2.50. The number of carboxylic acids is 1. The highest BCUT2D eigenvalue weighted by Crippen LogP contribution is 2.20. The first-order valence-electron chi connectivity index (χ1n) is 9.83. The van der Waals surface area contributed by atoms with Gasteiger partial charge in [0, 0.05) is 44.2 Å². The van der Waals surface area contributed by atoms with Crippen LogP contribution < -0.4 is 9.64 Å². The van der Waals surface area contributed by atoms with E-state index in [2.05, 4.69) is 26.9 Å². The highest BCUT2D eigenvalue weighted by molar-refractivity contribution is 5.88. The van der Waals surface area contributed by atoms with E-state index in [9.17, 15) is 9.18 Å². The standard InChI is InChI=1S/C20H27FN4O4/c1-13(2)18-22-20(29-23-18)25-9-7-24(8-10-25)14(3)6-11-28-15-4-5-16(19(26)27)17(21)12-15/h4-5,12-14H,6-11H2,1-3H3,(H,26,27)/t14-/m1/s1. The molecule has 1 saturated heterocycles. The summed E-state index contributed by atoms with van der Waals surface area (Å²) in [6.45, 7) is 10.0. The van der Waals surface area contributed by atoms with Crippen LogP contribution in [0.4, 0.5) is 10.4 Å². The number of hydrogen-bond donors (Lipinski definition) is 1. The van der Waals surface area contributed by atoms with E-state index in [0.29, 0.717) is 24.4 Å². The second-order valence-corrected chi connectivity index (χ2v) is 7.55. The van der Waals surface area contributed by atoms with E-state index in [4.69, 9.17) is 14.4 Å². The van der Waals surface area contributed by atoms with Gasteiger partial charge in [-0.3, -0.25) is 4.90 Å². The number of rotatable bonds is 8. The quantitative estimate of drug-likeness (QED) is 0.715. The van der Waals surface area contributed by atoms with E-state index in [-0.39, 0.29) is 11.5 Å². The minimum absolute atomic E-state index is 0.239. The summed E-state index contributed by atoms with van der Waals surface area (Å²) in [7, 11) is 0. The number of benzene rings is 1. The Morgan fingerprint density at radius 3 is 2.59 bits per heavy atom. The maximum Gasteiger partial charge on any atom is 0.338 e. The molecule has 0 unspecified atom stereocenters. The normalized spacial score (nSPS) is 16.2. The van der Waals surface area contributed by atoms with Gasteiger partial charge in [-0.25, -0.2) is 9.18 Å². The molecule has 9 heteroatoms. The molecule has 1 aromatic heterocycles. The summed E-state index contributed by atoms with van der Waals surface area (Å²) in [6, 6.07) is 4.69. The van der Waals surface area contributed by atoms with Crippen LogP contribution in [0.1, 0.15) is 49.3 Å². The maximum absolute atomic E-state index is 13.7. The van der Waals surface area contributed by atoms with Gasteiger partial charge in [0.05, 0.1) is 12.2 Å². The summed E-state index contributed by atoms with van der Waals surface area (Å²) in [5, 5.41) is 12.9. The molecule has 1 fully saturated rings. The molecule has 1 N–H and O–H groups in total. The predicted octanol–water partition coefficient (Wildman–Crippen LogP) is 3.01. The van der Waals surface area contributed by atoms with E-state index in [1.54, 1.807) is 0 Å². The van der Waals surface area contributed by atoms with E-state index in [1.807, 2.05) is 13.8 Å². The Labute approximate surface area is 169 Å². The fourth-order valence-electron chi connectivity index (χ4n) is 3.23. The van der Waals surface area contributed by atoms with Crippen molar-refractivity contribution in [1.82, 2.24) is 15.0 Å².